The zero-order chi connectivity index (χ0) is 14.6. The van der Waals surface area contributed by atoms with Crippen LogP contribution >= 0.6 is 11.8 Å². The van der Waals surface area contributed by atoms with Crippen LogP contribution in [0.4, 0.5) is 5.69 Å². The molecule has 1 heterocycles. The van der Waals surface area contributed by atoms with Gasteiger partial charge >= 0.3 is 0 Å². The fourth-order valence-electron chi connectivity index (χ4n) is 2.44. The molecule has 0 aliphatic carbocycles. The fourth-order valence-corrected chi connectivity index (χ4v) is 3.64. The summed E-state index contributed by atoms with van der Waals surface area (Å²) in [5.74, 6) is 3.19. The maximum Gasteiger partial charge on any atom is 0.230 e. The number of amides is 1. The first-order chi connectivity index (χ1) is 9.50. The van der Waals surface area contributed by atoms with E-state index in [4.69, 9.17) is 5.73 Å². The number of hydrogen-bond acceptors (Lipinski definition) is 3. The second-order valence-electron chi connectivity index (χ2n) is 6.01. The molecule has 1 aliphatic rings. The van der Waals surface area contributed by atoms with Gasteiger partial charge in [0.1, 0.15) is 0 Å². The summed E-state index contributed by atoms with van der Waals surface area (Å²) in [5.41, 5.74) is 6.91. The molecule has 0 bridgehead atoms. The van der Waals surface area contributed by atoms with Gasteiger partial charge in [-0.25, -0.2) is 0 Å². The van der Waals surface area contributed by atoms with Crippen LogP contribution in [0.2, 0.25) is 0 Å². The van der Waals surface area contributed by atoms with Crippen LogP contribution in [-0.4, -0.2) is 24.0 Å². The smallest absolute Gasteiger partial charge is 0.230 e. The van der Waals surface area contributed by atoms with Crippen molar-refractivity contribution in [2.75, 3.05) is 23.8 Å². The predicted molar refractivity (Wildman–Crippen MR) is 86.9 cm³/mol. The molecule has 0 saturated carbocycles. The van der Waals surface area contributed by atoms with E-state index in [1.54, 1.807) is 0 Å². The molecule has 1 saturated heterocycles. The minimum Gasteiger partial charge on any atom is -0.399 e. The molecule has 4 heteroatoms. The molecule has 1 fully saturated rings. The Morgan fingerprint density at radius 3 is 2.50 bits per heavy atom. The zero-order valence-corrected chi connectivity index (χ0v) is 13.1. The summed E-state index contributed by atoms with van der Waals surface area (Å²) >= 11 is 2.01. The van der Waals surface area contributed by atoms with E-state index >= 15 is 0 Å². The molecule has 0 atom stereocenters. The van der Waals surface area contributed by atoms with E-state index < -0.39 is 5.41 Å². The van der Waals surface area contributed by atoms with Gasteiger partial charge in [0, 0.05) is 12.2 Å². The van der Waals surface area contributed by atoms with Crippen LogP contribution in [0, 0.1) is 5.92 Å². The molecule has 2 rings (SSSR count). The minimum absolute atomic E-state index is 0.0977. The van der Waals surface area contributed by atoms with Crippen LogP contribution in [-0.2, 0) is 10.2 Å². The van der Waals surface area contributed by atoms with Crippen molar-refractivity contribution in [1.29, 1.82) is 0 Å². The van der Waals surface area contributed by atoms with Crippen molar-refractivity contribution in [3.8, 4) is 0 Å². The topological polar surface area (TPSA) is 55.1 Å². The molecule has 1 aliphatic heterocycles. The molecule has 3 N–H and O–H groups in total. The van der Waals surface area contributed by atoms with Crippen LogP contribution in [0.3, 0.4) is 0 Å². The van der Waals surface area contributed by atoms with Crippen molar-refractivity contribution in [1.82, 2.24) is 5.32 Å². The van der Waals surface area contributed by atoms with Gasteiger partial charge in [-0.2, -0.15) is 11.8 Å². The van der Waals surface area contributed by atoms with Crippen molar-refractivity contribution in [3.63, 3.8) is 0 Å². The van der Waals surface area contributed by atoms with Gasteiger partial charge in [-0.05, 0) is 61.8 Å². The van der Waals surface area contributed by atoms with Gasteiger partial charge in [-0.1, -0.05) is 12.1 Å². The Balaban J connectivity index is 1.94. The predicted octanol–water partition coefficient (Wildman–Crippen LogP) is 2.81. The summed E-state index contributed by atoms with van der Waals surface area (Å²) in [4.78, 5) is 12.4. The summed E-state index contributed by atoms with van der Waals surface area (Å²) in [6.07, 6.45) is 2.43. The van der Waals surface area contributed by atoms with E-state index in [0.717, 1.165) is 17.8 Å². The summed E-state index contributed by atoms with van der Waals surface area (Å²) in [6, 6.07) is 7.57. The number of benzene rings is 1. The average Bonchev–Trinajstić information content (AvgIpc) is 2.46. The highest BCUT2D eigenvalue weighted by Crippen LogP contribution is 2.25. The van der Waals surface area contributed by atoms with Gasteiger partial charge in [-0.3, -0.25) is 4.79 Å². The number of carbonyl (C=O) groups excluding carboxylic acids is 1. The lowest BCUT2D eigenvalue weighted by Crippen LogP contribution is -2.42. The highest BCUT2D eigenvalue weighted by molar-refractivity contribution is 7.99. The van der Waals surface area contributed by atoms with Crippen LogP contribution in [0.25, 0.3) is 0 Å². The van der Waals surface area contributed by atoms with E-state index in [1.807, 2.05) is 49.9 Å². The largest absolute Gasteiger partial charge is 0.399 e. The number of nitrogens with one attached hydrogen (secondary N) is 1. The van der Waals surface area contributed by atoms with Gasteiger partial charge in [0.2, 0.25) is 5.91 Å². The third-order valence-electron chi connectivity index (χ3n) is 4.09. The second kappa shape index (κ2) is 6.53. The molecule has 0 spiro atoms. The van der Waals surface area contributed by atoms with Crippen molar-refractivity contribution < 1.29 is 4.79 Å². The number of hydrogen-bond donors (Lipinski definition) is 2. The molecular formula is C16H24N2OS. The van der Waals surface area contributed by atoms with E-state index in [1.165, 1.54) is 24.3 Å². The molecule has 1 aromatic carbocycles. The molecule has 1 aromatic rings. The van der Waals surface area contributed by atoms with Crippen molar-refractivity contribution >= 4 is 23.4 Å². The van der Waals surface area contributed by atoms with Gasteiger partial charge in [0.25, 0.3) is 0 Å². The number of nitrogens with two attached hydrogens (primary N) is 1. The third kappa shape index (κ3) is 3.69. The van der Waals surface area contributed by atoms with Gasteiger partial charge in [-0.15, -0.1) is 0 Å². The zero-order valence-electron chi connectivity index (χ0n) is 12.3. The average molecular weight is 292 g/mol. The van der Waals surface area contributed by atoms with Gasteiger partial charge in [0.05, 0.1) is 5.41 Å². The van der Waals surface area contributed by atoms with Crippen LogP contribution in [0.15, 0.2) is 24.3 Å². The van der Waals surface area contributed by atoms with E-state index in [9.17, 15) is 4.79 Å². The monoisotopic (exact) mass is 292 g/mol. The summed E-state index contributed by atoms with van der Waals surface area (Å²) in [6.45, 7) is 4.73. The fraction of sp³-hybridized carbons (Fsp3) is 0.562. The normalized spacial score (nSPS) is 16.9. The molecule has 0 radical (unpaired) electrons. The Kier molecular flexibility index (Phi) is 4.97. The Morgan fingerprint density at radius 1 is 1.30 bits per heavy atom. The Morgan fingerprint density at radius 2 is 1.90 bits per heavy atom. The number of nitrogen functional groups attached to an aromatic ring is 1. The lowest BCUT2D eigenvalue weighted by molar-refractivity contribution is -0.125. The Labute approximate surface area is 125 Å². The molecule has 3 nitrogen and oxygen atoms in total. The van der Waals surface area contributed by atoms with E-state index in [0.29, 0.717) is 5.92 Å². The maximum absolute atomic E-state index is 12.4. The van der Waals surface area contributed by atoms with E-state index in [-0.39, 0.29) is 5.91 Å². The molecule has 0 aromatic heterocycles. The molecule has 0 unspecified atom stereocenters. The lowest BCUT2D eigenvalue weighted by atomic mass is 9.83. The van der Waals surface area contributed by atoms with Gasteiger partial charge in [0.15, 0.2) is 0 Å². The Bertz CT molecular complexity index is 450. The first kappa shape index (κ1) is 15.2. The first-order valence-electron chi connectivity index (χ1n) is 7.22. The molecule has 20 heavy (non-hydrogen) atoms. The standard InChI is InChI=1S/C16H24N2OS/c1-16(2,13-3-5-14(17)6-4-13)15(19)18-11-12-7-9-20-10-8-12/h3-6,12H,7-11,17H2,1-2H3,(H,18,19). The number of rotatable bonds is 4. The van der Waals surface area contributed by atoms with Crippen LogP contribution in [0.1, 0.15) is 32.3 Å². The van der Waals surface area contributed by atoms with Crippen molar-refractivity contribution in [2.24, 2.45) is 5.92 Å². The van der Waals surface area contributed by atoms with Crippen LogP contribution in [0.5, 0.6) is 0 Å². The maximum atomic E-state index is 12.4. The third-order valence-corrected chi connectivity index (χ3v) is 5.14. The highest BCUT2D eigenvalue weighted by atomic mass is 32.2. The van der Waals surface area contributed by atoms with Crippen molar-refractivity contribution in [3.05, 3.63) is 29.8 Å². The molecule has 110 valence electrons. The minimum atomic E-state index is -0.517. The summed E-state index contributed by atoms with van der Waals surface area (Å²) in [5, 5.41) is 3.13. The first-order valence-corrected chi connectivity index (χ1v) is 8.37. The SMILES string of the molecule is CC(C)(C(=O)NCC1CCSCC1)c1ccc(N)cc1. The van der Waals surface area contributed by atoms with E-state index in [2.05, 4.69) is 5.32 Å². The van der Waals surface area contributed by atoms with Crippen molar-refractivity contribution in [2.45, 2.75) is 32.1 Å². The van der Waals surface area contributed by atoms with Crippen LogP contribution < -0.4 is 11.1 Å². The van der Waals surface area contributed by atoms with Gasteiger partial charge < -0.3 is 11.1 Å². The summed E-state index contributed by atoms with van der Waals surface area (Å²) in [7, 11) is 0. The molecule has 1 amide bonds. The lowest BCUT2D eigenvalue weighted by Gasteiger charge is -2.27. The number of thioether (sulfide) groups is 1. The summed E-state index contributed by atoms with van der Waals surface area (Å²) < 4.78 is 0. The highest BCUT2D eigenvalue weighted by Gasteiger charge is 2.30. The number of carbonyl (C=O) groups is 1. The molecular weight excluding hydrogens is 268 g/mol. The quantitative estimate of drug-likeness (QED) is 0.839. The Hall–Kier alpha value is -1.16. The number of anilines is 1. The second-order valence-corrected chi connectivity index (χ2v) is 7.24.